The Balaban J connectivity index is 0.00000180. The molecule has 1 amide bonds. The Morgan fingerprint density at radius 1 is 1.47 bits per heavy atom. The first kappa shape index (κ1) is 15.7. The molecule has 5 nitrogen and oxygen atoms in total. The van der Waals surface area contributed by atoms with Crippen LogP contribution in [-0.2, 0) is 4.74 Å². The number of hydrogen-bond acceptors (Lipinski definition) is 4. The van der Waals surface area contributed by atoms with Crippen LogP contribution in [0.1, 0.15) is 30.3 Å². The van der Waals surface area contributed by atoms with Crippen LogP contribution in [0.4, 0.5) is 5.82 Å². The van der Waals surface area contributed by atoms with E-state index in [9.17, 15) is 4.79 Å². The molecule has 3 N–H and O–H groups in total. The second kappa shape index (κ2) is 7.31. The van der Waals surface area contributed by atoms with E-state index in [0.717, 1.165) is 26.1 Å². The third-order valence-corrected chi connectivity index (χ3v) is 3.34. The van der Waals surface area contributed by atoms with E-state index in [1.165, 1.54) is 0 Å². The number of amides is 1. The molecule has 1 fully saturated rings. The van der Waals surface area contributed by atoms with E-state index in [-0.39, 0.29) is 24.4 Å². The van der Waals surface area contributed by atoms with Gasteiger partial charge in [0.25, 0.3) is 5.91 Å². The number of nitrogen functional groups attached to an aromatic ring is 1. The molecule has 2 rings (SSSR count). The van der Waals surface area contributed by atoms with Gasteiger partial charge in [-0.1, -0.05) is 6.07 Å². The van der Waals surface area contributed by atoms with Gasteiger partial charge < -0.3 is 15.8 Å². The van der Waals surface area contributed by atoms with Gasteiger partial charge in [-0.25, -0.2) is 4.98 Å². The summed E-state index contributed by atoms with van der Waals surface area (Å²) in [7, 11) is 0. The van der Waals surface area contributed by atoms with Crippen molar-refractivity contribution in [1.29, 1.82) is 0 Å². The largest absolute Gasteiger partial charge is 0.384 e. The third-order valence-electron chi connectivity index (χ3n) is 3.34. The van der Waals surface area contributed by atoms with Gasteiger partial charge in [0.15, 0.2) is 0 Å². The third kappa shape index (κ3) is 4.36. The highest BCUT2D eigenvalue weighted by atomic mass is 35.5. The molecule has 1 saturated heterocycles. The number of halogens is 1. The smallest absolute Gasteiger partial charge is 0.270 e. The number of ether oxygens (including phenoxy) is 1. The van der Waals surface area contributed by atoms with Crippen molar-refractivity contribution in [2.24, 2.45) is 5.92 Å². The summed E-state index contributed by atoms with van der Waals surface area (Å²) < 4.78 is 5.31. The van der Waals surface area contributed by atoms with Crippen molar-refractivity contribution in [1.82, 2.24) is 10.3 Å². The minimum absolute atomic E-state index is 0. The maximum absolute atomic E-state index is 12.0. The molecule has 0 aliphatic carbocycles. The minimum Gasteiger partial charge on any atom is -0.384 e. The van der Waals surface area contributed by atoms with Crippen molar-refractivity contribution < 1.29 is 9.53 Å². The van der Waals surface area contributed by atoms with Crippen LogP contribution in [-0.4, -0.2) is 30.1 Å². The number of nitrogens with one attached hydrogen (secondary N) is 1. The Bertz CT molecular complexity index is 422. The van der Waals surface area contributed by atoms with Crippen molar-refractivity contribution in [3.63, 3.8) is 0 Å². The summed E-state index contributed by atoms with van der Waals surface area (Å²) in [6, 6.07) is 5.20. The molecular weight excluding hydrogens is 266 g/mol. The number of rotatable bonds is 3. The van der Waals surface area contributed by atoms with Gasteiger partial charge in [-0.05, 0) is 37.8 Å². The number of anilines is 1. The van der Waals surface area contributed by atoms with Crippen LogP contribution in [0.3, 0.4) is 0 Å². The van der Waals surface area contributed by atoms with Gasteiger partial charge in [-0.2, -0.15) is 0 Å². The van der Waals surface area contributed by atoms with E-state index in [4.69, 9.17) is 10.5 Å². The van der Waals surface area contributed by atoms with Crippen LogP contribution in [0.5, 0.6) is 0 Å². The van der Waals surface area contributed by atoms with Gasteiger partial charge in [-0.3, -0.25) is 4.79 Å². The van der Waals surface area contributed by atoms with Crippen molar-refractivity contribution in [2.45, 2.75) is 25.8 Å². The first-order valence-corrected chi connectivity index (χ1v) is 6.28. The average Bonchev–Trinajstić information content (AvgIpc) is 2.39. The van der Waals surface area contributed by atoms with Gasteiger partial charge in [0.05, 0.1) is 0 Å². The maximum Gasteiger partial charge on any atom is 0.270 e. The molecular formula is C13H20ClN3O2. The summed E-state index contributed by atoms with van der Waals surface area (Å²) in [5.74, 6) is 0.673. The van der Waals surface area contributed by atoms with Crippen molar-refractivity contribution in [3.05, 3.63) is 23.9 Å². The molecule has 2 heterocycles. The number of pyridine rings is 1. The predicted octanol–water partition coefficient (Wildman–Crippen LogP) is 1.63. The molecule has 1 atom stereocenters. The van der Waals surface area contributed by atoms with Gasteiger partial charge >= 0.3 is 0 Å². The Hall–Kier alpha value is -1.33. The summed E-state index contributed by atoms with van der Waals surface area (Å²) in [6.07, 6.45) is 1.98. The fraction of sp³-hybridized carbons (Fsp3) is 0.538. The van der Waals surface area contributed by atoms with E-state index in [0.29, 0.717) is 17.4 Å². The summed E-state index contributed by atoms with van der Waals surface area (Å²) in [5.41, 5.74) is 5.93. The zero-order chi connectivity index (χ0) is 13.0. The van der Waals surface area contributed by atoms with Crippen molar-refractivity contribution in [3.8, 4) is 0 Å². The molecule has 1 aliphatic rings. The molecule has 0 aromatic carbocycles. The Kier molecular flexibility index (Phi) is 6.05. The lowest BCUT2D eigenvalue weighted by molar-refractivity contribution is 0.0537. The maximum atomic E-state index is 12.0. The second-order valence-electron chi connectivity index (χ2n) is 4.66. The number of carbonyl (C=O) groups is 1. The number of carbonyl (C=O) groups excluding carboxylic acids is 1. The fourth-order valence-electron chi connectivity index (χ4n) is 2.19. The molecule has 0 bridgehead atoms. The fourth-order valence-corrected chi connectivity index (χ4v) is 2.19. The van der Waals surface area contributed by atoms with Gasteiger partial charge in [0.1, 0.15) is 11.5 Å². The zero-order valence-corrected chi connectivity index (χ0v) is 11.8. The summed E-state index contributed by atoms with van der Waals surface area (Å²) in [4.78, 5) is 16.0. The van der Waals surface area contributed by atoms with Crippen LogP contribution in [0.15, 0.2) is 18.2 Å². The molecule has 0 radical (unpaired) electrons. The highest BCUT2D eigenvalue weighted by molar-refractivity contribution is 5.92. The second-order valence-corrected chi connectivity index (χ2v) is 4.66. The number of nitrogens with zero attached hydrogens (tertiary/aromatic N) is 1. The average molecular weight is 286 g/mol. The zero-order valence-electron chi connectivity index (χ0n) is 11.0. The normalized spacial score (nSPS) is 17.3. The minimum atomic E-state index is -0.165. The molecule has 1 aliphatic heterocycles. The summed E-state index contributed by atoms with van der Waals surface area (Å²) in [5, 5.41) is 2.98. The van der Waals surface area contributed by atoms with Crippen LogP contribution >= 0.6 is 12.4 Å². The predicted molar refractivity (Wildman–Crippen MR) is 76.4 cm³/mol. The first-order valence-electron chi connectivity index (χ1n) is 6.28. The number of nitrogens with two attached hydrogens (primary N) is 1. The molecule has 0 spiro atoms. The molecule has 6 heteroatoms. The van der Waals surface area contributed by atoms with Crippen LogP contribution in [0, 0.1) is 5.92 Å². The number of hydrogen-bond donors (Lipinski definition) is 2. The van der Waals surface area contributed by atoms with Crippen LogP contribution in [0.2, 0.25) is 0 Å². The monoisotopic (exact) mass is 285 g/mol. The Morgan fingerprint density at radius 3 is 2.79 bits per heavy atom. The summed E-state index contributed by atoms with van der Waals surface area (Å²) in [6.45, 7) is 3.59. The SMILES string of the molecule is CC(NC(=O)c1cccc(N)n1)C1CCOCC1.Cl. The first-order chi connectivity index (χ1) is 8.66. The molecule has 1 aromatic rings. The van der Waals surface area contributed by atoms with E-state index in [1.807, 2.05) is 6.92 Å². The lowest BCUT2D eigenvalue weighted by atomic mass is 9.93. The lowest BCUT2D eigenvalue weighted by Crippen LogP contribution is -2.40. The molecule has 1 aromatic heterocycles. The molecule has 0 saturated carbocycles. The lowest BCUT2D eigenvalue weighted by Gasteiger charge is -2.28. The van der Waals surface area contributed by atoms with Crippen molar-refractivity contribution >= 4 is 24.1 Å². The quantitative estimate of drug-likeness (QED) is 0.885. The highest BCUT2D eigenvalue weighted by Gasteiger charge is 2.22. The highest BCUT2D eigenvalue weighted by Crippen LogP contribution is 2.18. The van der Waals surface area contributed by atoms with Crippen molar-refractivity contribution in [2.75, 3.05) is 18.9 Å². The van der Waals surface area contributed by atoms with E-state index >= 15 is 0 Å². The standard InChI is InChI=1S/C13H19N3O2.ClH/c1-9(10-5-7-18-8-6-10)15-13(17)11-3-2-4-12(14)16-11;/h2-4,9-10H,5-8H2,1H3,(H2,14,16)(H,15,17);1H. The number of aromatic nitrogens is 1. The molecule has 106 valence electrons. The van der Waals surface area contributed by atoms with Crippen LogP contribution < -0.4 is 11.1 Å². The Labute approximate surface area is 119 Å². The van der Waals surface area contributed by atoms with E-state index in [1.54, 1.807) is 18.2 Å². The van der Waals surface area contributed by atoms with Crippen LogP contribution in [0.25, 0.3) is 0 Å². The van der Waals surface area contributed by atoms with Gasteiger partial charge in [0, 0.05) is 19.3 Å². The summed E-state index contributed by atoms with van der Waals surface area (Å²) >= 11 is 0. The van der Waals surface area contributed by atoms with E-state index in [2.05, 4.69) is 10.3 Å². The van der Waals surface area contributed by atoms with Gasteiger partial charge in [-0.15, -0.1) is 12.4 Å². The van der Waals surface area contributed by atoms with Gasteiger partial charge in [0.2, 0.25) is 0 Å². The molecule has 1 unspecified atom stereocenters. The van der Waals surface area contributed by atoms with E-state index < -0.39 is 0 Å². The topological polar surface area (TPSA) is 77.2 Å². The molecule has 19 heavy (non-hydrogen) atoms. The Morgan fingerprint density at radius 2 is 2.16 bits per heavy atom.